The molecule has 0 saturated heterocycles. The van der Waals surface area contributed by atoms with Gasteiger partial charge in [0.1, 0.15) is 18.1 Å². The Kier molecular flexibility index (Phi) is 7.82. The maximum Gasteiger partial charge on any atom is 0.336 e. The summed E-state index contributed by atoms with van der Waals surface area (Å²) in [5.74, 6) is -1.38. The number of rotatable bonds is 7. The molecular formula is C31H25ClN4O5. The summed E-state index contributed by atoms with van der Waals surface area (Å²) in [5.41, 5.74) is 7.22. The normalized spacial score (nSPS) is 16.8. The number of carboxylic acid groups (broad SMARTS) is 1. The molecule has 1 aliphatic rings. The second-order valence-corrected chi connectivity index (χ2v) is 9.73. The number of β-amino-alcohol motifs (C(OH)–C–C–N with tert-alkyl or cyclic N) is 1. The first kappa shape index (κ1) is 27.6. The van der Waals surface area contributed by atoms with Crippen molar-refractivity contribution in [3.8, 4) is 5.75 Å². The van der Waals surface area contributed by atoms with Crippen LogP contribution in [0.15, 0.2) is 113 Å². The number of halogens is 1. The van der Waals surface area contributed by atoms with Gasteiger partial charge >= 0.3 is 5.97 Å². The Hall–Kier alpha value is -4.99. The molecule has 4 aromatic rings. The Morgan fingerprint density at radius 3 is 2.29 bits per heavy atom. The summed E-state index contributed by atoms with van der Waals surface area (Å²) in [7, 11) is 0. The highest BCUT2D eigenvalue weighted by Crippen LogP contribution is 2.33. The Bertz CT molecular complexity index is 1640. The number of aromatic carboxylic acids is 1. The molecule has 4 aromatic carbocycles. The molecule has 1 atom stereocenters. The summed E-state index contributed by atoms with van der Waals surface area (Å²) < 4.78 is 5.71. The van der Waals surface area contributed by atoms with E-state index in [1.807, 2.05) is 18.2 Å². The van der Waals surface area contributed by atoms with E-state index in [0.29, 0.717) is 33.2 Å². The van der Waals surface area contributed by atoms with Crippen molar-refractivity contribution in [2.45, 2.75) is 12.2 Å². The Balaban J connectivity index is 1.33. The van der Waals surface area contributed by atoms with Gasteiger partial charge in [0.05, 0.1) is 12.1 Å². The molecule has 5 rings (SSSR count). The van der Waals surface area contributed by atoms with Crippen molar-refractivity contribution in [2.24, 2.45) is 15.8 Å². The molecule has 0 aromatic heterocycles. The molecule has 0 saturated carbocycles. The standard InChI is InChI=1S/C31H25ClN4O5/c32-24-14-10-20(11-15-24)27-31(40,23-7-2-1-3-8-23)19-36(35-27)30(33)34-28(37)21-12-16-25(17-13-21)41-18-22-6-4-5-9-26(22)29(38)39/h1-17,40H,18-19H2,(H,38,39)(H2,33,34,37). The third-order valence-corrected chi connectivity index (χ3v) is 6.84. The van der Waals surface area contributed by atoms with Crippen LogP contribution in [0.1, 0.15) is 37.4 Å². The molecule has 10 heteroatoms. The molecule has 1 heterocycles. The fourth-order valence-corrected chi connectivity index (χ4v) is 4.57. The van der Waals surface area contributed by atoms with Gasteiger partial charge in [-0.15, -0.1) is 0 Å². The van der Waals surface area contributed by atoms with Crippen LogP contribution in [0, 0.1) is 0 Å². The summed E-state index contributed by atoms with van der Waals surface area (Å²) in [6.07, 6.45) is 0. The number of aliphatic imine (C=N–C) groups is 1. The van der Waals surface area contributed by atoms with Gasteiger partial charge in [-0.05, 0) is 48.0 Å². The molecule has 1 aliphatic heterocycles. The average Bonchev–Trinajstić information content (AvgIpc) is 3.36. The number of carbonyl (C=O) groups excluding carboxylic acids is 1. The van der Waals surface area contributed by atoms with E-state index in [-0.39, 0.29) is 30.2 Å². The van der Waals surface area contributed by atoms with Gasteiger partial charge in [-0.1, -0.05) is 72.3 Å². The van der Waals surface area contributed by atoms with Crippen molar-refractivity contribution >= 4 is 35.1 Å². The first-order chi connectivity index (χ1) is 19.7. The molecule has 0 spiro atoms. The van der Waals surface area contributed by atoms with Gasteiger partial charge in [0.25, 0.3) is 5.91 Å². The van der Waals surface area contributed by atoms with Crippen molar-refractivity contribution in [3.63, 3.8) is 0 Å². The zero-order valence-electron chi connectivity index (χ0n) is 21.6. The maximum absolute atomic E-state index is 12.9. The lowest BCUT2D eigenvalue weighted by Gasteiger charge is -2.25. The van der Waals surface area contributed by atoms with E-state index in [1.54, 1.807) is 66.7 Å². The fraction of sp³-hybridized carbons (Fsp3) is 0.0968. The number of hydrazone groups is 1. The number of carboxylic acids is 1. The minimum atomic E-state index is -1.52. The molecule has 206 valence electrons. The first-order valence-corrected chi connectivity index (χ1v) is 13.0. The highest BCUT2D eigenvalue weighted by atomic mass is 35.5. The minimum absolute atomic E-state index is 0.0497. The van der Waals surface area contributed by atoms with E-state index >= 15 is 0 Å². The lowest BCUT2D eigenvalue weighted by atomic mass is 9.86. The molecule has 9 nitrogen and oxygen atoms in total. The van der Waals surface area contributed by atoms with E-state index in [9.17, 15) is 19.8 Å². The van der Waals surface area contributed by atoms with Crippen LogP contribution in [0.4, 0.5) is 0 Å². The fourth-order valence-electron chi connectivity index (χ4n) is 4.44. The summed E-state index contributed by atoms with van der Waals surface area (Å²) in [4.78, 5) is 28.3. The molecule has 41 heavy (non-hydrogen) atoms. The predicted molar refractivity (Wildman–Crippen MR) is 155 cm³/mol. The van der Waals surface area contributed by atoms with Crippen LogP contribution in [0.2, 0.25) is 5.02 Å². The third-order valence-electron chi connectivity index (χ3n) is 6.58. The van der Waals surface area contributed by atoms with Gasteiger partial charge in [-0.3, -0.25) is 4.79 Å². The molecule has 1 unspecified atom stereocenters. The Morgan fingerprint density at radius 1 is 0.951 bits per heavy atom. The molecule has 1 amide bonds. The van der Waals surface area contributed by atoms with Crippen LogP contribution in [0.3, 0.4) is 0 Å². The lowest BCUT2D eigenvalue weighted by Crippen LogP contribution is -2.42. The van der Waals surface area contributed by atoms with Gasteiger partial charge in [0.15, 0.2) is 5.60 Å². The van der Waals surface area contributed by atoms with Gasteiger partial charge in [-0.2, -0.15) is 10.1 Å². The molecular weight excluding hydrogens is 544 g/mol. The van der Waals surface area contributed by atoms with Gasteiger partial charge in [0, 0.05) is 21.7 Å². The van der Waals surface area contributed by atoms with Gasteiger partial charge in [-0.25, -0.2) is 9.80 Å². The Labute approximate surface area is 240 Å². The van der Waals surface area contributed by atoms with Crippen molar-refractivity contribution in [2.75, 3.05) is 6.54 Å². The van der Waals surface area contributed by atoms with Crippen LogP contribution in [-0.2, 0) is 12.2 Å². The minimum Gasteiger partial charge on any atom is -0.489 e. The lowest BCUT2D eigenvalue weighted by molar-refractivity contribution is 0.0693. The van der Waals surface area contributed by atoms with Crippen LogP contribution in [-0.4, -0.2) is 45.3 Å². The molecule has 0 bridgehead atoms. The van der Waals surface area contributed by atoms with E-state index in [4.69, 9.17) is 22.1 Å². The maximum atomic E-state index is 12.9. The van der Waals surface area contributed by atoms with Crippen LogP contribution in [0.5, 0.6) is 5.75 Å². The largest absolute Gasteiger partial charge is 0.489 e. The highest BCUT2D eigenvalue weighted by Gasteiger charge is 2.44. The number of nitrogens with zero attached hydrogens (tertiary/aromatic N) is 3. The van der Waals surface area contributed by atoms with E-state index in [2.05, 4.69) is 10.1 Å². The van der Waals surface area contributed by atoms with Crippen LogP contribution in [0.25, 0.3) is 0 Å². The van der Waals surface area contributed by atoms with Gasteiger partial charge < -0.3 is 20.7 Å². The number of benzene rings is 4. The van der Waals surface area contributed by atoms with Crippen LogP contribution >= 0.6 is 11.6 Å². The number of amides is 1. The number of hydrogen-bond acceptors (Lipinski definition) is 5. The van der Waals surface area contributed by atoms with E-state index in [0.717, 1.165) is 0 Å². The number of ether oxygens (including phenoxy) is 1. The van der Waals surface area contributed by atoms with Crippen molar-refractivity contribution in [1.29, 1.82) is 0 Å². The zero-order chi connectivity index (χ0) is 29.0. The molecule has 0 radical (unpaired) electrons. The highest BCUT2D eigenvalue weighted by molar-refractivity contribution is 6.30. The van der Waals surface area contributed by atoms with Crippen molar-refractivity contribution in [3.05, 3.63) is 136 Å². The molecule has 0 fully saturated rings. The first-order valence-electron chi connectivity index (χ1n) is 12.6. The van der Waals surface area contributed by atoms with E-state index in [1.165, 1.54) is 23.2 Å². The summed E-state index contributed by atoms with van der Waals surface area (Å²) in [5, 5.41) is 27.5. The number of carbonyl (C=O) groups is 2. The summed E-state index contributed by atoms with van der Waals surface area (Å²) in [6.45, 7) is -0.00368. The van der Waals surface area contributed by atoms with Crippen LogP contribution < -0.4 is 10.5 Å². The Morgan fingerprint density at radius 2 is 1.61 bits per heavy atom. The smallest absolute Gasteiger partial charge is 0.336 e. The predicted octanol–water partition coefficient (Wildman–Crippen LogP) is 4.68. The molecule has 0 aliphatic carbocycles. The zero-order valence-corrected chi connectivity index (χ0v) is 22.4. The number of guanidine groups is 1. The SMILES string of the molecule is NC(=NC(=O)c1ccc(OCc2ccccc2C(=O)O)cc1)N1CC(O)(c2ccccc2)C(c2ccc(Cl)cc2)=N1. The number of nitrogens with two attached hydrogens (primary N) is 1. The quantitative estimate of drug-likeness (QED) is 0.217. The summed E-state index contributed by atoms with van der Waals surface area (Å²) in [6, 6.07) is 28.8. The van der Waals surface area contributed by atoms with Crippen molar-refractivity contribution < 1.29 is 24.5 Å². The van der Waals surface area contributed by atoms with Gasteiger partial charge in [0.2, 0.25) is 5.96 Å². The summed E-state index contributed by atoms with van der Waals surface area (Å²) >= 11 is 6.06. The van der Waals surface area contributed by atoms with E-state index < -0.39 is 17.5 Å². The second kappa shape index (κ2) is 11.6. The topological polar surface area (TPSA) is 138 Å². The third kappa shape index (κ3) is 5.96. The average molecular weight is 569 g/mol. The molecule has 4 N–H and O–H groups in total. The monoisotopic (exact) mass is 568 g/mol. The number of aliphatic hydroxyl groups is 1. The number of hydrogen-bond donors (Lipinski definition) is 3. The van der Waals surface area contributed by atoms with Crippen molar-refractivity contribution in [1.82, 2.24) is 5.01 Å². The second-order valence-electron chi connectivity index (χ2n) is 9.29.